The zero-order valence-corrected chi connectivity index (χ0v) is 12.1. The normalized spacial score (nSPS) is 23.1. The fraction of sp³-hybridized carbons (Fsp3) is 0.714. The van der Waals surface area contributed by atoms with Gasteiger partial charge in [0.05, 0.1) is 12.1 Å². The van der Waals surface area contributed by atoms with Crippen LogP contribution in [0.1, 0.15) is 38.7 Å². The van der Waals surface area contributed by atoms with Gasteiger partial charge in [-0.05, 0) is 26.2 Å². The second-order valence-electron chi connectivity index (χ2n) is 5.39. The van der Waals surface area contributed by atoms with Gasteiger partial charge >= 0.3 is 0 Å². The van der Waals surface area contributed by atoms with Crippen LogP contribution in [0.5, 0.6) is 0 Å². The Morgan fingerprint density at radius 3 is 2.79 bits per heavy atom. The van der Waals surface area contributed by atoms with E-state index in [9.17, 15) is 0 Å². The van der Waals surface area contributed by atoms with E-state index in [2.05, 4.69) is 34.4 Å². The van der Waals surface area contributed by atoms with E-state index in [1.54, 1.807) is 6.33 Å². The molecule has 19 heavy (non-hydrogen) atoms. The van der Waals surface area contributed by atoms with Crippen LogP contribution < -0.4 is 10.6 Å². The molecular formula is C14H24N4O. The number of nitrogens with zero attached hydrogens (tertiary/aromatic N) is 2. The van der Waals surface area contributed by atoms with Crippen molar-refractivity contribution in [3.05, 3.63) is 11.9 Å². The van der Waals surface area contributed by atoms with Crippen LogP contribution in [0.2, 0.25) is 0 Å². The lowest BCUT2D eigenvalue weighted by Gasteiger charge is -2.35. The Labute approximate surface area is 115 Å². The van der Waals surface area contributed by atoms with Gasteiger partial charge in [0.1, 0.15) is 18.0 Å². The molecule has 0 saturated carbocycles. The summed E-state index contributed by atoms with van der Waals surface area (Å²) in [6, 6.07) is 0. The third kappa shape index (κ3) is 3.35. The molecule has 0 radical (unpaired) electrons. The first-order chi connectivity index (χ1) is 9.18. The van der Waals surface area contributed by atoms with Gasteiger partial charge in [-0.25, -0.2) is 9.97 Å². The van der Waals surface area contributed by atoms with Gasteiger partial charge in [-0.15, -0.1) is 0 Å². The molecule has 0 spiro atoms. The van der Waals surface area contributed by atoms with Gasteiger partial charge in [0.15, 0.2) is 0 Å². The van der Waals surface area contributed by atoms with Gasteiger partial charge in [-0.3, -0.25) is 0 Å². The van der Waals surface area contributed by atoms with E-state index in [1.807, 2.05) is 7.05 Å². The molecule has 106 valence electrons. The van der Waals surface area contributed by atoms with E-state index < -0.39 is 0 Å². The van der Waals surface area contributed by atoms with Crippen LogP contribution in [0.15, 0.2) is 6.33 Å². The Kier molecular flexibility index (Phi) is 4.58. The van der Waals surface area contributed by atoms with E-state index in [-0.39, 0.29) is 5.54 Å². The lowest BCUT2D eigenvalue weighted by molar-refractivity contribution is 0.0538. The van der Waals surface area contributed by atoms with Crippen molar-refractivity contribution in [3.63, 3.8) is 0 Å². The predicted octanol–water partition coefficient (Wildman–Crippen LogP) is 2.45. The van der Waals surface area contributed by atoms with Gasteiger partial charge in [0.25, 0.3) is 0 Å². The third-order valence-corrected chi connectivity index (χ3v) is 3.54. The first-order valence-electron chi connectivity index (χ1n) is 7.06. The Balaban J connectivity index is 2.23. The number of rotatable bonds is 5. The molecule has 0 aromatic carbocycles. The molecule has 2 N–H and O–H groups in total. The lowest BCUT2D eigenvalue weighted by atomic mass is 9.94. The molecule has 1 fully saturated rings. The molecule has 2 heterocycles. The second kappa shape index (κ2) is 6.19. The lowest BCUT2D eigenvalue weighted by Crippen LogP contribution is -2.43. The minimum Gasteiger partial charge on any atom is -0.379 e. The molecule has 0 bridgehead atoms. The van der Waals surface area contributed by atoms with Crippen molar-refractivity contribution in [2.24, 2.45) is 0 Å². The highest BCUT2D eigenvalue weighted by Crippen LogP contribution is 2.28. The number of hydrogen-bond acceptors (Lipinski definition) is 5. The summed E-state index contributed by atoms with van der Waals surface area (Å²) in [5, 5.41) is 6.72. The highest BCUT2D eigenvalue weighted by molar-refractivity contribution is 5.58. The van der Waals surface area contributed by atoms with E-state index in [1.165, 1.54) is 5.56 Å². The van der Waals surface area contributed by atoms with E-state index in [4.69, 9.17) is 4.74 Å². The van der Waals surface area contributed by atoms with Crippen LogP contribution in [-0.2, 0) is 11.2 Å². The molecule has 1 unspecified atom stereocenters. The topological polar surface area (TPSA) is 59.1 Å². The zero-order valence-electron chi connectivity index (χ0n) is 12.1. The number of nitrogens with one attached hydrogen (secondary N) is 2. The largest absolute Gasteiger partial charge is 0.379 e. The van der Waals surface area contributed by atoms with Crippen LogP contribution in [0.3, 0.4) is 0 Å². The maximum Gasteiger partial charge on any atom is 0.135 e. The highest BCUT2D eigenvalue weighted by Gasteiger charge is 2.28. The molecule has 5 heteroatoms. The first-order valence-corrected chi connectivity index (χ1v) is 7.06. The Hall–Kier alpha value is -1.36. The highest BCUT2D eigenvalue weighted by atomic mass is 16.5. The van der Waals surface area contributed by atoms with E-state index >= 15 is 0 Å². The molecule has 1 aliphatic rings. The van der Waals surface area contributed by atoms with Gasteiger partial charge < -0.3 is 15.4 Å². The van der Waals surface area contributed by atoms with Crippen molar-refractivity contribution in [1.82, 2.24) is 9.97 Å². The van der Waals surface area contributed by atoms with Gasteiger partial charge in [-0.2, -0.15) is 0 Å². The molecule has 5 nitrogen and oxygen atoms in total. The summed E-state index contributed by atoms with van der Waals surface area (Å²) in [4.78, 5) is 8.73. The summed E-state index contributed by atoms with van der Waals surface area (Å²) in [5.74, 6) is 1.86. The summed E-state index contributed by atoms with van der Waals surface area (Å²) < 4.78 is 5.59. The minimum absolute atomic E-state index is 0.0277. The first kappa shape index (κ1) is 14.1. The van der Waals surface area contributed by atoms with Crippen molar-refractivity contribution < 1.29 is 4.74 Å². The Morgan fingerprint density at radius 2 is 2.16 bits per heavy atom. The molecule has 1 aliphatic heterocycles. The Bertz CT molecular complexity index is 416. The quantitative estimate of drug-likeness (QED) is 0.855. The van der Waals surface area contributed by atoms with Crippen molar-refractivity contribution in [1.29, 1.82) is 0 Å². The molecule has 1 aromatic rings. The summed E-state index contributed by atoms with van der Waals surface area (Å²) in [5.41, 5.74) is 1.14. The number of ether oxygens (including phenoxy) is 1. The SMILES string of the molecule is CCCc1c(NC)ncnc1NC1(C)CCCOC1. The number of hydrogen-bond donors (Lipinski definition) is 2. The van der Waals surface area contributed by atoms with Crippen molar-refractivity contribution in [3.8, 4) is 0 Å². The van der Waals surface area contributed by atoms with Gasteiger partial charge in [0.2, 0.25) is 0 Å². The number of anilines is 2. The number of aromatic nitrogens is 2. The van der Waals surface area contributed by atoms with Gasteiger partial charge in [0, 0.05) is 19.2 Å². The average Bonchev–Trinajstić information content (AvgIpc) is 2.41. The third-order valence-electron chi connectivity index (χ3n) is 3.54. The van der Waals surface area contributed by atoms with E-state index in [0.29, 0.717) is 0 Å². The molecule has 1 atom stereocenters. The maximum atomic E-state index is 5.59. The molecule has 1 saturated heterocycles. The van der Waals surface area contributed by atoms with Crippen molar-refractivity contribution in [2.45, 2.75) is 45.1 Å². The summed E-state index contributed by atoms with van der Waals surface area (Å²) >= 11 is 0. The van der Waals surface area contributed by atoms with Crippen molar-refractivity contribution >= 4 is 11.6 Å². The molecule has 0 amide bonds. The minimum atomic E-state index is -0.0277. The maximum absolute atomic E-state index is 5.59. The van der Waals surface area contributed by atoms with Crippen LogP contribution >= 0.6 is 0 Å². The monoisotopic (exact) mass is 264 g/mol. The average molecular weight is 264 g/mol. The summed E-state index contributed by atoms with van der Waals surface area (Å²) in [6.07, 6.45) is 5.86. The fourth-order valence-corrected chi connectivity index (χ4v) is 2.54. The van der Waals surface area contributed by atoms with Crippen molar-refractivity contribution in [2.75, 3.05) is 30.9 Å². The summed E-state index contributed by atoms with van der Waals surface area (Å²) in [6.45, 7) is 5.97. The molecule has 1 aromatic heterocycles. The zero-order chi connectivity index (χ0) is 13.7. The molecule has 2 rings (SSSR count). The Morgan fingerprint density at radius 1 is 1.37 bits per heavy atom. The second-order valence-corrected chi connectivity index (χ2v) is 5.39. The van der Waals surface area contributed by atoms with Gasteiger partial charge in [-0.1, -0.05) is 13.3 Å². The van der Waals surface area contributed by atoms with Crippen LogP contribution in [-0.4, -0.2) is 35.8 Å². The predicted molar refractivity (Wildman–Crippen MR) is 77.7 cm³/mol. The van der Waals surface area contributed by atoms with Crippen LogP contribution in [0.4, 0.5) is 11.6 Å². The standard InChI is InChI=1S/C14H24N4O/c1-4-6-11-12(15-3)16-10-17-13(11)18-14(2)7-5-8-19-9-14/h10H,4-9H2,1-3H3,(H2,15,16,17,18). The summed E-state index contributed by atoms with van der Waals surface area (Å²) in [7, 11) is 1.90. The molecular weight excluding hydrogens is 240 g/mol. The smallest absolute Gasteiger partial charge is 0.135 e. The fourth-order valence-electron chi connectivity index (χ4n) is 2.54. The van der Waals surface area contributed by atoms with Crippen LogP contribution in [0.25, 0.3) is 0 Å². The van der Waals surface area contributed by atoms with E-state index in [0.717, 1.165) is 50.5 Å². The van der Waals surface area contributed by atoms with Crippen LogP contribution in [0, 0.1) is 0 Å². The molecule has 0 aliphatic carbocycles.